The summed E-state index contributed by atoms with van der Waals surface area (Å²) >= 11 is 0. The van der Waals surface area contributed by atoms with E-state index in [0.29, 0.717) is 6.04 Å². The van der Waals surface area contributed by atoms with Gasteiger partial charge in [-0.2, -0.15) is 0 Å². The van der Waals surface area contributed by atoms with Gasteiger partial charge in [-0.05, 0) is 36.1 Å². The van der Waals surface area contributed by atoms with Crippen molar-refractivity contribution in [3.8, 4) is 5.75 Å². The van der Waals surface area contributed by atoms with Gasteiger partial charge in [0.2, 0.25) is 0 Å². The monoisotopic (exact) mass is 325 g/mol. The molecule has 0 aliphatic heterocycles. The van der Waals surface area contributed by atoms with Crippen molar-refractivity contribution in [3.05, 3.63) is 65.7 Å². The van der Waals surface area contributed by atoms with Crippen LogP contribution < -0.4 is 10.1 Å². The minimum Gasteiger partial charge on any atom is -0.494 e. The van der Waals surface area contributed by atoms with E-state index in [2.05, 4.69) is 73.8 Å². The van der Waals surface area contributed by atoms with Crippen molar-refractivity contribution in [2.24, 2.45) is 0 Å². The maximum atomic E-state index is 5.88. The minimum absolute atomic E-state index is 0.393. The fourth-order valence-electron chi connectivity index (χ4n) is 2.89. The van der Waals surface area contributed by atoms with Crippen LogP contribution in [0.1, 0.15) is 63.1 Å². The van der Waals surface area contributed by atoms with E-state index in [1.165, 1.54) is 30.4 Å². The first-order chi connectivity index (χ1) is 11.8. The summed E-state index contributed by atoms with van der Waals surface area (Å²) in [5, 5.41) is 3.66. The average Bonchev–Trinajstić information content (AvgIpc) is 2.63. The Kier molecular flexibility index (Phi) is 8.40. The molecule has 1 N–H and O–H groups in total. The molecule has 0 aliphatic rings. The highest BCUT2D eigenvalue weighted by molar-refractivity contribution is 5.28. The third-order valence-corrected chi connectivity index (χ3v) is 4.33. The predicted molar refractivity (Wildman–Crippen MR) is 102 cm³/mol. The number of hydrogen-bond donors (Lipinski definition) is 1. The maximum absolute atomic E-state index is 5.88. The molecule has 2 heteroatoms. The van der Waals surface area contributed by atoms with E-state index >= 15 is 0 Å². The molecule has 0 fully saturated rings. The van der Waals surface area contributed by atoms with Crippen molar-refractivity contribution < 1.29 is 4.74 Å². The van der Waals surface area contributed by atoms with Crippen LogP contribution >= 0.6 is 0 Å². The topological polar surface area (TPSA) is 21.3 Å². The Morgan fingerprint density at radius 1 is 0.917 bits per heavy atom. The van der Waals surface area contributed by atoms with Crippen molar-refractivity contribution in [1.29, 1.82) is 0 Å². The second-order valence-electron chi connectivity index (χ2n) is 6.31. The van der Waals surface area contributed by atoms with Gasteiger partial charge in [0.05, 0.1) is 6.61 Å². The molecule has 2 aromatic carbocycles. The number of benzene rings is 2. The van der Waals surface area contributed by atoms with Crippen molar-refractivity contribution in [2.45, 2.75) is 58.5 Å². The molecule has 2 aromatic rings. The Balaban J connectivity index is 1.83. The van der Waals surface area contributed by atoms with Gasteiger partial charge in [-0.25, -0.2) is 0 Å². The summed E-state index contributed by atoms with van der Waals surface area (Å²) in [5.41, 5.74) is 2.62. The van der Waals surface area contributed by atoms with E-state index in [4.69, 9.17) is 4.74 Å². The Morgan fingerprint density at radius 3 is 2.50 bits per heavy atom. The van der Waals surface area contributed by atoms with Crippen LogP contribution in [-0.4, -0.2) is 6.61 Å². The minimum atomic E-state index is 0.393. The highest BCUT2D eigenvalue weighted by Gasteiger charge is 2.08. The van der Waals surface area contributed by atoms with Crippen LogP contribution in [0.2, 0.25) is 0 Å². The lowest BCUT2D eigenvalue weighted by molar-refractivity contribution is 0.304. The third-order valence-electron chi connectivity index (χ3n) is 4.33. The van der Waals surface area contributed by atoms with Gasteiger partial charge in [0.1, 0.15) is 5.75 Å². The lowest BCUT2D eigenvalue weighted by Crippen LogP contribution is -2.20. The van der Waals surface area contributed by atoms with Crippen LogP contribution in [-0.2, 0) is 6.54 Å². The van der Waals surface area contributed by atoms with Crippen molar-refractivity contribution in [3.63, 3.8) is 0 Å². The van der Waals surface area contributed by atoms with Gasteiger partial charge in [0, 0.05) is 12.6 Å². The number of unbranched alkanes of at least 4 members (excludes halogenated alkanes) is 3. The molecule has 2 nitrogen and oxygen atoms in total. The predicted octanol–water partition coefficient (Wildman–Crippen LogP) is 5.89. The van der Waals surface area contributed by atoms with Gasteiger partial charge in [-0.15, -0.1) is 0 Å². The van der Waals surface area contributed by atoms with Crippen LogP contribution in [0.3, 0.4) is 0 Å². The zero-order valence-corrected chi connectivity index (χ0v) is 15.1. The largest absolute Gasteiger partial charge is 0.494 e. The molecule has 0 saturated carbocycles. The van der Waals surface area contributed by atoms with Crippen LogP contribution in [0, 0.1) is 0 Å². The number of rotatable bonds is 11. The highest BCUT2D eigenvalue weighted by atomic mass is 16.5. The Hall–Kier alpha value is -1.80. The summed E-state index contributed by atoms with van der Waals surface area (Å²) in [7, 11) is 0. The molecule has 0 amide bonds. The lowest BCUT2D eigenvalue weighted by Gasteiger charge is -2.18. The highest BCUT2D eigenvalue weighted by Crippen LogP contribution is 2.18. The van der Waals surface area contributed by atoms with Gasteiger partial charge in [0.25, 0.3) is 0 Å². The fraction of sp³-hybridized carbons (Fsp3) is 0.455. The van der Waals surface area contributed by atoms with Gasteiger partial charge in [0.15, 0.2) is 0 Å². The molecular weight excluding hydrogens is 294 g/mol. The first-order valence-electron chi connectivity index (χ1n) is 9.33. The van der Waals surface area contributed by atoms with Gasteiger partial charge >= 0.3 is 0 Å². The Morgan fingerprint density at radius 2 is 1.75 bits per heavy atom. The molecule has 2 rings (SSSR count). The molecule has 0 aromatic heterocycles. The van der Waals surface area contributed by atoms with Crippen LogP contribution in [0.5, 0.6) is 5.75 Å². The quantitative estimate of drug-likeness (QED) is 0.520. The zero-order valence-electron chi connectivity index (χ0n) is 15.1. The Bertz CT molecular complexity index is 567. The smallest absolute Gasteiger partial charge is 0.119 e. The number of nitrogens with one attached hydrogen (secondary N) is 1. The Labute approximate surface area is 147 Å². The molecule has 1 atom stereocenters. The van der Waals surface area contributed by atoms with Gasteiger partial charge in [-0.3, -0.25) is 0 Å². The zero-order chi connectivity index (χ0) is 17.0. The van der Waals surface area contributed by atoms with E-state index in [0.717, 1.165) is 31.7 Å². The van der Waals surface area contributed by atoms with Crippen LogP contribution in [0.25, 0.3) is 0 Å². The molecule has 0 bridgehead atoms. The first-order valence-corrected chi connectivity index (χ1v) is 9.33. The molecule has 0 radical (unpaired) electrons. The molecule has 24 heavy (non-hydrogen) atoms. The van der Waals surface area contributed by atoms with Crippen LogP contribution in [0.15, 0.2) is 54.6 Å². The number of hydrogen-bond acceptors (Lipinski definition) is 2. The van der Waals surface area contributed by atoms with Crippen molar-refractivity contribution >= 4 is 0 Å². The summed E-state index contributed by atoms with van der Waals surface area (Å²) in [6, 6.07) is 19.5. The summed E-state index contributed by atoms with van der Waals surface area (Å²) < 4.78 is 5.88. The molecular formula is C22H31NO. The van der Waals surface area contributed by atoms with Gasteiger partial charge in [-0.1, -0.05) is 75.6 Å². The van der Waals surface area contributed by atoms with Crippen LogP contribution in [0.4, 0.5) is 0 Å². The first kappa shape index (κ1) is 18.5. The molecule has 0 saturated heterocycles. The second-order valence-corrected chi connectivity index (χ2v) is 6.31. The van der Waals surface area contributed by atoms with Crippen molar-refractivity contribution in [2.75, 3.05) is 6.61 Å². The normalized spacial score (nSPS) is 12.1. The maximum Gasteiger partial charge on any atom is 0.119 e. The summed E-state index contributed by atoms with van der Waals surface area (Å²) in [6.07, 6.45) is 6.04. The SMILES string of the molecule is CCCCCCOc1cccc(CNC(CC)c2ccccc2)c1. The second kappa shape index (κ2) is 10.9. The summed E-state index contributed by atoms with van der Waals surface area (Å²) in [6.45, 7) is 6.13. The van der Waals surface area contributed by atoms with E-state index in [1.807, 2.05) is 0 Å². The average molecular weight is 325 g/mol. The summed E-state index contributed by atoms with van der Waals surface area (Å²) in [5.74, 6) is 0.985. The van der Waals surface area contributed by atoms with E-state index < -0.39 is 0 Å². The standard InChI is InChI=1S/C22H31NO/c1-3-5-6-10-16-24-21-15-11-12-19(17-21)18-23-22(4-2)20-13-8-7-9-14-20/h7-9,11-15,17,22-23H,3-6,10,16,18H2,1-2H3. The van der Waals surface area contributed by atoms with Gasteiger partial charge < -0.3 is 10.1 Å². The van der Waals surface area contributed by atoms with E-state index in [-0.39, 0.29) is 0 Å². The summed E-state index contributed by atoms with van der Waals surface area (Å²) in [4.78, 5) is 0. The van der Waals surface area contributed by atoms with E-state index in [1.54, 1.807) is 0 Å². The molecule has 0 aliphatic carbocycles. The van der Waals surface area contributed by atoms with Crippen molar-refractivity contribution in [1.82, 2.24) is 5.32 Å². The molecule has 130 valence electrons. The van der Waals surface area contributed by atoms with E-state index in [9.17, 15) is 0 Å². The molecule has 1 unspecified atom stereocenters. The number of ether oxygens (including phenoxy) is 1. The molecule has 0 spiro atoms. The third kappa shape index (κ3) is 6.37. The fourth-order valence-corrected chi connectivity index (χ4v) is 2.89. The lowest BCUT2D eigenvalue weighted by atomic mass is 10.0. The molecule has 0 heterocycles.